The van der Waals surface area contributed by atoms with E-state index in [1.807, 2.05) is 27.7 Å². The first kappa shape index (κ1) is 28.1. The summed E-state index contributed by atoms with van der Waals surface area (Å²) in [7, 11) is 0. The van der Waals surface area contributed by atoms with Crippen molar-refractivity contribution in [2.24, 2.45) is 23.7 Å². The number of hydrogen-bond donors (Lipinski definition) is 4. The molecule has 0 aliphatic heterocycles. The average Bonchev–Trinajstić information content (AvgIpc) is 2.60. The molecule has 0 saturated carbocycles. The van der Waals surface area contributed by atoms with Gasteiger partial charge in [0.15, 0.2) is 0 Å². The van der Waals surface area contributed by atoms with Crippen LogP contribution in [0.2, 0.25) is 0 Å². The summed E-state index contributed by atoms with van der Waals surface area (Å²) in [6, 6.07) is 0. The van der Waals surface area contributed by atoms with E-state index in [4.69, 9.17) is 20.4 Å². The summed E-state index contributed by atoms with van der Waals surface area (Å²) in [5, 5.41) is 35.5. The van der Waals surface area contributed by atoms with E-state index < -0.39 is 47.5 Å². The van der Waals surface area contributed by atoms with E-state index >= 15 is 0 Å². The minimum atomic E-state index is -0.993. The monoisotopic (exact) mass is 404 g/mol. The van der Waals surface area contributed by atoms with Crippen molar-refractivity contribution >= 4 is 23.9 Å². The van der Waals surface area contributed by atoms with Crippen LogP contribution >= 0.6 is 0 Å². The van der Waals surface area contributed by atoms with Gasteiger partial charge in [-0.2, -0.15) is 0 Å². The maximum absolute atomic E-state index is 10.8. The summed E-state index contributed by atoms with van der Waals surface area (Å²) in [6.07, 6.45) is 4.54. The smallest absolute Gasteiger partial charge is 0.307 e. The molecule has 164 valence electrons. The summed E-state index contributed by atoms with van der Waals surface area (Å²) in [5.41, 5.74) is 0. The van der Waals surface area contributed by atoms with E-state index in [1.165, 1.54) is 0 Å². The zero-order valence-corrected chi connectivity index (χ0v) is 17.4. The van der Waals surface area contributed by atoms with Gasteiger partial charge in [0.2, 0.25) is 0 Å². The molecule has 0 bridgehead atoms. The van der Waals surface area contributed by atoms with Gasteiger partial charge in [-0.15, -0.1) is 0 Å². The minimum absolute atomic E-state index is 0.437. The molecule has 0 aromatic heterocycles. The van der Waals surface area contributed by atoms with Crippen LogP contribution in [-0.2, 0) is 19.2 Å². The van der Waals surface area contributed by atoms with Gasteiger partial charge in [0.1, 0.15) is 0 Å². The van der Waals surface area contributed by atoms with Crippen molar-refractivity contribution in [3.8, 4) is 0 Å². The second-order valence-electron chi connectivity index (χ2n) is 6.93. The first-order chi connectivity index (χ1) is 13.1. The molecular weight excluding hydrogens is 368 g/mol. The lowest BCUT2D eigenvalue weighted by atomic mass is 9.85. The first-order valence-electron chi connectivity index (χ1n) is 9.99. The summed E-state index contributed by atoms with van der Waals surface area (Å²) < 4.78 is 0. The Morgan fingerprint density at radius 3 is 0.679 bits per heavy atom. The van der Waals surface area contributed by atoms with Gasteiger partial charge in [-0.05, 0) is 25.7 Å². The Balaban J connectivity index is 0. The van der Waals surface area contributed by atoms with Crippen LogP contribution < -0.4 is 0 Å². The second kappa shape index (κ2) is 15.9. The predicted octanol–water partition coefficient (Wildman–Crippen LogP) is 3.98. The molecule has 0 aliphatic carbocycles. The van der Waals surface area contributed by atoms with E-state index in [2.05, 4.69) is 0 Å². The highest BCUT2D eigenvalue weighted by molar-refractivity contribution is 5.80. The normalized spacial score (nSPS) is 14.7. The van der Waals surface area contributed by atoms with Crippen molar-refractivity contribution < 1.29 is 39.6 Å². The zero-order chi connectivity index (χ0) is 22.3. The zero-order valence-electron chi connectivity index (χ0n) is 17.4. The summed E-state index contributed by atoms with van der Waals surface area (Å²) >= 11 is 0. The third kappa shape index (κ3) is 10.9. The minimum Gasteiger partial charge on any atom is -0.481 e. The van der Waals surface area contributed by atoms with Crippen molar-refractivity contribution in [2.75, 3.05) is 0 Å². The van der Waals surface area contributed by atoms with Crippen LogP contribution in [0.5, 0.6) is 0 Å². The van der Waals surface area contributed by atoms with Crippen LogP contribution in [0.3, 0.4) is 0 Å². The molecule has 4 N–H and O–H groups in total. The maximum Gasteiger partial charge on any atom is 0.307 e. The topological polar surface area (TPSA) is 149 Å². The molecule has 0 spiro atoms. The van der Waals surface area contributed by atoms with Crippen LogP contribution in [-0.4, -0.2) is 44.3 Å². The fraction of sp³-hybridized carbons (Fsp3) is 0.800. The van der Waals surface area contributed by atoms with Crippen LogP contribution in [0.25, 0.3) is 0 Å². The molecule has 8 nitrogen and oxygen atoms in total. The Hall–Kier alpha value is -2.12. The lowest BCUT2D eigenvalue weighted by Gasteiger charge is -2.18. The summed E-state index contributed by atoms with van der Waals surface area (Å²) in [4.78, 5) is 43.4. The molecular formula is C20H36O8. The number of rotatable bonds is 14. The van der Waals surface area contributed by atoms with Crippen LogP contribution in [0.15, 0.2) is 0 Å². The van der Waals surface area contributed by atoms with Crippen molar-refractivity contribution in [3.05, 3.63) is 0 Å². The molecule has 0 heterocycles. The van der Waals surface area contributed by atoms with Gasteiger partial charge in [-0.1, -0.05) is 53.4 Å². The van der Waals surface area contributed by atoms with Gasteiger partial charge in [-0.3, -0.25) is 19.2 Å². The molecule has 0 saturated heterocycles. The number of hydrogen-bond acceptors (Lipinski definition) is 4. The molecule has 0 radical (unpaired) electrons. The van der Waals surface area contributed by atoms with E-state index in [0.29, 0.717) is 51.4 Å². The highest BCUT2D eigenvalue weighted by Crippen LogP contribution is 2.24. The molecule has 28 heavy (non-hydrogen) atoms. The van der Waals surface area contributed by atoms with Crippen molar-refractivity contribution in [2.45, 2.75) is 79.1 Å². The van der Waals surface area contributed by atoms with E-state index in [1.54, 1.807) is 0 Å². The highest BCUT2D eigenvalue weighted by Gasteiger charge is 2.32. The molecule has 4 unspecified atom stereocenters. The second-order valence-corrected chi connectivity index (χ2v) is 6.93. The van der Waals surface area contributed by atoms with Crippen LogP contribution in [0.4, 0.5) is 0 Å². The Morgan fingerprint density at radius 2 is 0.607 bits per heavy atom. The lowest BCUT2D eigenvalue weighted by Crippen LogP contribution is -2.29. The van der Waals surface area contributed by atoms with E-state index in [0.717, 1.165) is 0 Å². The van der Waals surface area contributed by atoms with Gasteiger partial charge in [-0.25, -0.2) is 0 Å². The van der Waals surface area contributed by atoms with Crippen molar-refractivity contribution in [3.63, 3.8) is 0 Å². The van der Waals surface area contributed by atoms with E-state index in [-0.39, 0.29) is 0 Å². The van der Waals surface area contributed by atoms with Crippen molar-refractivity contribution in [1.82, 2.24) is 0 Å². The Bertz CT molecular complexity index is 401. The fourth-order valence-corrected chi connectivity index (χ4v) is 3.23. The average molecular weight is 405 g/mol. The highest BCUT2D eigenvalue weighted by atomic mass is 16.4. The third-order valence-corrected chi connectivity index (χ3v) is 4.64. The number of carboxylic acids is 4. The molecule has 0 aliphatic rings. The van der Waals surface area contributed by atoms with E-state index in [9.17, 15) is 19.2 Å². The number of carbonyl (C=O) groups is 4. The number of carboxylic acid groups (broad SMARTS) is 4. The Kier molecular flexibility index (Phi) is 15.9. The SMILES string of the molecule is CCCC(C(=O)O)C(CCC)C(=O)O.CCCC(C(=O)O)C(CCC)C(=O)O. The van der Waals surface area contributed by atoms with Crippen LogP contribution in [0, 0.1) is 23.7 Å². The molecule has 0 aromatic carbocycles. The largest absolute Gasteiger partial charge is 0.481 e. The van der Waals surface area contributed by atoms with Gasteiger partial charge in [0.25, 0.3) is 0 Å². The molecule has 8 heteroatoms. The molecule has 0 amide bonds. The molecule has 0 aromatic rings. The third-order valence-electron chi connectivity index (χ3n) is 4.64. The van der Waals surface area contributed by atoms with Gasteiger partial charge < -0.3 is 20.4 Å². The Labute approximate surface area is 167 Å². The molecule has 4 atom stereocenters. The fourth-order valence-electron chi connectivity index (χ4n) is 3.23. The van der Waals surface area contributed by atoms with Gasteiger partial charge in [0, 0.05) is 0 Å². The van der Waals surface area contributed by atoms with Gasteiger partial charge in [0.05, 0.1) is 23.7 Å². The maximum atomic E-state index is 10.8. The van der Waals surface area contributed by atoms with Gasteiger partial charge >= 0.3 is 23.9 Å². The Morgan fingerprint density at radius 1 is 0.464 bits per heavy atom. The summed E-state index contributed by atoms with van der Waals surface area (Å²) in [6.45, 7) is 7.45. The summed E-state index contributed by atoms with van der Waals surface area (Å²) in [5.74, 6) is -6.93. The number of aliphatic carboxylic acids is 4. The molecule has 0 fully saturated rings. The first-order valence-corrected chi connectivity index (χ1v) is 9.99. The predicted molar refractivity (Wildman–Crippen MR) is 104 cm³/mol. The van der Waals surface area contributed by atoms with Crippen molar-refractivity contribution in [1.29, 1.82) is 0 Å². The molecule has 0 rings (SSSR count). The van der Waals surface area contributed by atoms with Crippen LogP contribution in [0.1, 0.15) is 79.1 Å². The lowest BCUT2D eigenvalue weighted by molar-refractivity contribution is -0.154. The standard InChI is InChI=1S/2C10H18O4/c2*1-3-5-7(9(11)12)8(6-4-2)10(13)14/h2*7-8H,3-6H2,1-2H3,(H,11,12)(H,13,14). The quantitative estimate of drug-likeness (QED) is 0.339.